The first-order valence-electron chi connectivity index (χ1n) is 7.09. The standard InChI is InChI=1S/C13H19NO2S7Si/c1-15-24(3,16-2)10-6-9-17-20-22-23-21-19-13-14-11-7-4-5-8-12(11)18-13/h4-5,7-8H,6,9-10H2,1-3H3. The number of rotatable bonds is 12. The summed E-state index contributed by atoms with van der Waals surface area (Å²) >= 11 is 1.76. The van der Waals surface area contributed by atoms with E-state index >= 15 is 0 Å². The van der Waals surface area contributed by atoms with E-state index < -0.39 is 8.56 Å². The second-order valence-corrected chi connectivity index (χ2v) is 19.1. The molecule has 1 heterocycles. The normalized spacial score (nSPS) is 12.1. The van der Waals surface area contributed by atoms with Gasteiger partial charge in [0.1, 0.15) is 0 Å². The predicted octanol–water partition coefficient (Wildman–Crippen LogP) is 7.38. The third-order valence-corrected chi connectivity index (χ3v) is 18.3. The van der Waals surface area contributed by atoms with Gasteiger partial charge in [0.25, 0.3) is 0 Å². The van der Waals surface area contributed by atoms with Crippen molar-refractivity contribution in [3.8, 4) is 0 Å². The van der Waals surface area contributed by atoms with Gasteiger partial charge in [0, 0.05) is 20.0 Å². The molecule has 0 radical (unpaired) electrons. The summed E-state index contributed by atoms with van der Waals surface area (Å²) in [5.74, 6) is 1.13. The Kier molecular flexibility index (Phi) is 10.8. The van der Waals surface area contributed by atoms with Gasteiger partial charge < -0.3 is 8.85 Å². The van der Waals surface area contributed by atoms with Crippen LogP contribution in [0, 0.1) is 0 Å². The molecule has 0 spiro atoms. The van der Waals surface area contributed by atoms with E-state index in [2.05, 4.69) is 29.7 Å². The summed E-state index contributed by atoms with van der Waals surface area (Å²) in [6.45, 7) is 2.12. The van der Waals surface area contributed by atoms with E-state index in [1.165, 1.54) is 4.70 Å². The molecule has 0 saturated heterocycles. The molecule has 2 aromatic rings. The Morgan fingerprint density at radius 3 is 2.58 bits per heavy atom. The van der Waals surface area contributed by atoms with Crippen molar-refractivity contribution in [3.63, 3.8) is 0 Å². The minimum absolute atomic E-state index is 1.05. The number of hydrogen-bond acceptors (Lipinski definition) is 10. The Bertz CT molecular complexity index is 578. The van der Waals surface area contributed by atoms with Gasteiger partial charge in [-0.1, -0.05) is 22.9 Å². The van der Waals surface area contributed by atoms with Crippen LogP contribution in [0.5, 0.6) is 0 Å². The molecule has 24 heavy (non-hydrogen) atoms. The molecule has 0 atom stereocenters. The number of thiazole rings is 1. The maximum Gasteiger partial charge on any atom is 0.334 e. The molecule has 0 saturated carbocycles. The highest BCUT2D eigenvalue weighted by molar-refractivity contribution is 9.41. The summed E-state index contributed by atoms with van der Waals surface area (Å²) in [4.78, 5) is 4.62. The highest BCUT2D eigenvalue weighted by Gasteiger charge is 2.27. The van der Waals surface area contributed by atoms with E-state index in [0.717, 1.165) is 28.1 Å². The largest absolute Gasteiger partial charge is 0.398 e. The second-order valence-electron chi connectivity index (χ2n) is 4.77. The van der Waals surface area contributed by atoms with Gasteiger partial charge in [-0.25, -0.2) is 4.98 Å². The van der Waals surface area contributed by atoms with Crippen molar-refractivity contribution in [2.45, 2.75) is 23.4 Å². The molecule has 0 bridgehead atoms. The van der Waals surface area contributed by atoms with E-state index in [0.29, 0.717) is 0 Å². The molecule has 0 N–H and O–H groups in total. The van der Waals surface area contributed by atoms with Crippen molar-refractivity contribution in [2.24, 2.45) is 0 Å². The lowest BCUT2D eigenvalue weighted by Gasteiger charge is -2.22. The van der Waals surface area contributed by atoms with Crippen molar-refractivity contribution in [2.75, 3.05) is 20.0 Å². The zero-order chi connectivity index (χ0) is 17.3. The number of nitrogens with zero attached hydrogens (tertiary/aromatic N) is 1. The number of aromatic nitrogens is 1. The van der Waals surface area contributed by atoms with Crippen LogP contribution < -0.4 is 0 Å². The minimum atomic E-state index is -1.88. The molecule has 3 nitrogen and oxygen atoms in total. The Labute approximate surface area is 171 Å². The van der Waals surface area contributed by atoms with Crippen LogP contribution in [0.15, 0.2) is 28.6 Å². The maximum absolute atomic E-state index is 5.49. The SMILES string of the molecule is CO[Si](C)(CCCSSSSSSc1nc2ccccc2s1)OC. The molecule has 1 aromatic carbocycles. The van der Waals surface area contributed by atoms with E-state index in [1.54, 1.807) is 56.0 Å². The first kappa shape index (κ1) is 21.6. The van der Waals surface area contributed by atoms with Crippen LogP contribution in [0.1, 0.15) is 6.42 Å². The predicted molar refractivity (Wildman–Crippen MR) is 123 cm³/mol. The molecule has 0 unspecified atom stereocenters. The van der Waals surface area contributed by atoms with Gasteiger partial charge >= 0.3 is 8.56 Å². The molecular formula is C13H19NO2S7Si. The molecule has 1 aromatic heterocycles. The number of fused-ring (bicyclic) bond motifs is 1. The van der Waals surface area contributed by atoms with E-state index in [-0.39, 0.29) is 0 Å². The van der Waals surface area contributed by atoms with Crippen LogP contribution >= 0.6 is 72.2 Å². The molecule has 0 fully saturated rings. The summed E-state index contributed by atoms with van der Waals surface area (Å²) in [7, 11) is 12.5. The lowest BCUT2D eigenvalue weighted by atomic mass is 10.3. The molecule has 134 valence electrons. The number of para-hydroxylation sites is 1. The Morgan fingerprint density at radius 2 is 1.83 bits per heavy atom. The second kappa shape index (κ2) is 11.9. The van der Waals surface area contributed by atoms with Gasteiger partial charge in [0.05, 0.1) is 10.2 Å². The third kappa shape index (κ3) is 7.53. The van der Waals surface area contributed by atoms with Gasteiger partial charge in [-0.15, -0.1) is 11.3 Å². The first-order valence-corrected chi connectivity index (χ1v) is 18.1. The van der Waals surface area contributed by atoms with Crippen molar-refractivity contribution in [1.29, 1.82) is 0 Å². The van der Waals surface area contributed by atoms with Crippen molar-refractivity contribution < 1.29 is 8.85 Å². The lowest BCUT2D eigenvalue weighted by molar-refractivity contribution is 0.249. The monoisotopic (exact) mass is 473 g/mol. The fourth-order valence-corrected chi connectivity index (χ4v) is 16.2. The lowest BCUT2D eigenvalue weighted by Crippen LogP contribution is -2.35. The smallest absolute Gasteiger partial charge is 0.334 e. The zero-order valence-electron chi connectivity index (χ0n) is 13.6. The Balaban J connectivity index is 1.50. The molecule has 0 aliphatic rings. The molecule has 11 heteroatoms. The van der Waals surface area contributed by atoms with E-state index in [9.17, 15) is 0 Å². The molecule has 0 amide bonds. The summed E-state index contributed by atoms with van der Waals surface area (Å²) in [6.07, 6.45) is 1.14. The van der Waals surface area contributed by atoms with Crippen LogP contribution in [-0.2, 0) is 8.85 Å². The van der Waals surface area contributed by atoms with Gasteiger partial charge in [-0.05, 0) is 81.2 Å². The minimum Gasteiger partial charge on any atom is -0.398 e. The van der Waals surface area contributed by atoms with Crippen LogP contribution in [-0.4, -0.2) is 33.5 Å². The highest BCUT2D eigenvalue weighted by atomic mass is 33.9. The third-order valence-electron chi connectivity index (χ3n) is 3.23. The molecule has 0 aliphatic carbocycles. The van der Waals surface area contributed by atoms with Gasteiger partial charge in [-0.2, -0.15) is 0 Å². The van der Waals surface area contributed by atoms with Gasteiger partial charge in [-0.3, -0.25) is 0 Å². The van der Waals surface area contributed by atoms with Crippen LogP contribution in [0.2, 0.25) is 12.6 Å². The quantitative estimate of drug-likeness (QED) is 0.178. The van der Waals surface area contributed by atoms with Crippen molar-refractivity contribution in [1.82, 2.24) is 4.98 Å². The summed E-state index contributed by atoms with van der Waals surface area (Å²) in [5.41, 5.74) is 1.09. The van der Waals surface area contributed by atoms with Crippen molar-refractivity contribution >= 4 is 91.0 Å². The summed E-state index contributed by atoms with van der Waals surface area (Å²) < 4.78 is 13.4. The van der Waals surface area contributed by atoms with E-state index in [1.807, 2.05) is 36.5 Å². The Hall–Kier alpha value is 1.35. The van der Waals surface area contributed by atoms with E-state index in [4.69, 9.17) is 8.85 Å². The summed E-state index contributed by atoms with van der Waals surface area (Å²) in [6, 6.07) is 9.33. The topological polar surface area (TPSA) is 31.4 Å². The molecule has 2 rings (SSSR count). The van der Waals surface area contributed by atoms with Crippen LogP contribution in [0.3, 0.4) is 0 Å². The number of hydrogen-bond donors (Lipinski definition) is 0. The number of benzene rings is 1. The fraction of sp³-hybridized carbons (Fsp3) is 0.462. The first-order chi connectivity index (χ1) is 11.7. The molecular weight excluding hydrogens is 455 g/mol. The van der Waals surface area contributed by atoms with Crippen molar-refractivity contribution in [3.05, 3.63) is 24.3 Å². The highest BCUT2D eigenvalue weighted by Crippen LogP contribution is 2.54. The average molecular weight is 474 g/mol. The average Bonchev–Trinajstić information content (AvgIpc) is 3.02. The fourth-order valence-electron chi connectivity index (χ4n) is 1.75. The van der Waals surface area contributed by atoms with Gasteiger partial charge in [0.2, 0.25) is 0 Å². The zero-order valence-corrected chi connectivity index (χ0v) is 20.3. The summed E-state index contributed by atoms with van der Waals surface area (Å²) in [5, 5.41) is 0. The maximum atomic E-state index is 5.49. The Morgan fingerprint density at radius 1 is 1.08 bits per heavy atom. The van der Waals surface area contributed by atoms with Gasteiger partial charge in [0.15, 0.2) is 4.34 Å². The van der Waals surface area contributed by atoms with Crippen LogP contribution in [0.25, 0.3) is 10.2 Å². The van der Waals surface area contributed by atoms with Crippen LogP contribution in [0.4, 0.5) is 0 Å². The molecule has 0 aliphatic heterocycles.